The van der Waals surface area contributed by atoms with E-state index in [0.717, 1.165) is 0 Å². The highest BCUT2D eigenvalue weighted by atomic mass is 16.5. The van der Waals surface area contributed by atoms with Gasteiger partial charge in [-0.1, -0.05) is 0 Å². The molecule has 1 aromatic rings. The zero-order valence-electron chi connectivity index (χ0n) is 9.90. The molecule has 0 aliphatic heterocycles. The number of nitrogens with two attached hydrogens (primary N) is 1. The number of carbonyl (C=O) groups is 1. The largest absolute Gasteiger partial charge is 0.508 e. The molecule has 0 radical (unpaired) electrons. The molecule has 17 heavy (non-hydrogen) atoms. The molecule has 1 amide bonds. The lowest BCUT2D eigenvalue weighted by atomic mass is 10.1. The summed E-state index contributed by atoms with van der Waals surface area (Å²) < 4.78 is 5.13. The van der Waals surface area contributed by atoms with E-state index in [4.69, 9.17) is 10.5 Å². The van der Waals surface area contributed by atoms with Crippen LogP contribution in [0.15, 0.2) is 18.2 Å². The summed E-state index contributed by atoms with van der Waals surface area (Å²) in [4.78, 5) is 11.7. The van der Waals surface area contributed by atoms with Gasteiger partial charge >= 0.3 is 0 Å². The van der Waals surface area contributed by atoms with Crippen molar-refractivity contribution in [2.45, 2.75) is 6.92 Å². The molecule has 0 saturated heterocycles. The van der Waals surface area contributed by atoms with Gasteiger partial charge in [-0.2, -0.15) is 0 Å². The number of aryl methyl sites for hydroxylation is 1. The van der Waals surface area contributed by atoms with Crippen molar-refractivity contribution in [3.63, 3.8) is 0 Å². The fourth-order valence-corrected chi connectivity index (χ4v) is 1.32. The molecular weight excluding hydrogens is 220 g/mol. The smallest absolute Gasteiger partial charge is 0.251 e. The first kappa shape index (κ1) is 13.5. The van der Waals surface area contributed by atoms with Gasteiger partial charge in [-0.25, -0.2) is 0 Å². The third kappa shape index (κ3) is 4.42. The normalized spacial score (nSPS) is 10.2. The quantitative estimate of drug-likeness (QED) is 0.626. The van der Waals surface area contributed by atoms with Crippen molar-refractivity contribution < 1.29 is 14.6 Å². The van der Waals surface area contributed by atoms with Crippen molar-refractivity contribution in [2.75, 3.05) is 26.3 Å². The van der Waals surface area contributed by atoms with E-state index in [1.807, 2.05) is 0 Å². The fraction of sp³-hybridized carbons (Fsp3) is 0.417. The lowest BCUT2D eigenvalue weighted by Gasteiger charge is -2.07. The van der Waals surface area contributed by atoms with Crippen LogP contribution in [0.5, 0.6) is 5.75 Å². The lowest BCUT2D eigenvalue weighted by molar-refractivity contribution is 0.0920. The number of phenolic OH excluding ortho intramolecular Hbond substituents is 1. The average molecular weight is 238 g/mol. The molecule has 0 aliphatic carbocycles. The van der Waals surface area contributed by atoms with E-state index < -0.39 is 0 Å². The van der Waals surface area contributed by atoms with Gasteiger partial charge in [0.1, 0.15) is 5.75 Å². The highest BCUT2D eigenvalue weighted by Gasteiger charge is 2.06. The third-order valence-electron chi connectivity index (χ3n) is 2.25. The van der Waals surface area contributed by atoms with Gasteiger partial charge in [0.15, 0.2) is 0 Å². The number of hydrogen-bond donors (Lipinski definition) is 3. The molecule has 0 bridgehead atoms. The van der Waals surface area contributed by atoms with Gasteiger partial charge in [0.05, 0.1) is 13.2 Å². The van der Waals surface area contributed by atoms with Gasteiger partial charge in [-0.15, -0.1) is 0 Å². The van der Waals surface area contributed by atoms with E-state index in [1.54, 1.807) is 19.1 Å². The molecule has 0 atom stereocenters. The molecule has 5 nitrogen and oxygen atoms in total. The molecule has 0 heterocycles. The summed E-state index contributed by atoms with van der Waals surface area (Å²) in [5.41, 5.74) is 6.46. The van der Waals surface area contributed by atoms with Crippen LogP contribution in [0.2, 0.25) is 0 Å². The maximum atomic E-state index is 11.7. The molecule has 5 heteroatoms. The minimum atomic E-state index is -0.176. The number of hydrogen-bond acceptors (Lipinski definition) is 4. The zero-order chi connectivity index (χ0) is 12.7. The summed E-state index contributed by atoms with van der Waals surface area (Å²) in [5.74, 6) is 0.0114. The number of amides is 1. The summed E-state index contributed by atoms with van der Waals surface area (Å²) in [6.07, 6.45) is 0. The average Bonchev–Trinajstić information content (AvgIpc) is 2.32. The number of carbonyl (C=O) groups excluding carboxylic acids is 1. The Morgan fingerprint density at radius 3 is 2.88 bits per heavy atom. The van der Waals surface area contributed by atoms with E-state index in [1.165, 1.54) is 6.07 Å². The molecule has 0 spiro atoms. The predicted molar refractivity (Wildman–Crippen MR) is 65.1 cm³/mol. The summed E-state index contributed by atoms with van der Waals surface area (Å²) >= 11 is 0. The minimum absolute atomic E-state index is 0.176. The highest BCUT2D eigenvalue weighted by molar-refractivity contribution is 5.94. The Bertz CT molecular complexity index is 380. The molecule has 0 fully saturated rings. The molecule has 1 rings (SSSR count). The van der Waals surface area contributed by atoms with Crippen LogP contribution >= 0.6 is 0 Å². The first-order valence-corrected chi connectivity index (χ1v) is 5.50. The minimum Gasteiger partial charge on any atom is -0.508 e. The number of rotatable bonds is 6. The Balaban J connectivity index is 2.39. The second-order valence-electron chi connectivity index (χ2n) is 3.66. The third-order valence-corrected chi connectivity index (χ3v) is 2.25. The molecule has 94 valence electrons. The monoisotopic (exact) mass is 238 g/mol. The Morgan fingerprint density at radius 1 is 1.47 bits per heavy atom. The molecule has 4 N–H and O–H groups in total. The van der Waals surface area contributed by atoms with Gasteiger partial charge in [-0.3, -0.25) is 4.79 Å². The van der Waals surface area contributed by atoms with Crippen LogP contribution in [-0.2, 0) is 4.74 Å². The van der Waals surface area contributed by atoms with Crippen molar-refractivity contribution in [1.29, 1.82) is 0 Å². The van der Waals surface area contributed by atoms with Crippen LogP contribution in [0, 0.1) is 6.92 Å². The van der Waals surface area contributed by atoms with Crippen LogP contribution in [0.3, 0.4) is 0 Å². The van der Waals surface area contributed by atoms with Crippen molar-refractivity contribution in [1.82, 2.24) is 5.32 Å². The lowest BCUT2D eigenvalue weighted by Crippen LogP contribution is -2.27. The van der Waals surface area contributed by atoms with E-state index >= 15 is 0 Å². The number of phenols is 1. The fourth-order valence-electron chi connectivity index (χ4n) is 1.32. The van der Waals surface area contributed by atoms with Gasteiger partial charge < -0.3 is 20.9 Å². The number of ether oxygens (including phenoxy) is 1. The van der Waals surface area contributed by atoms with Crippen molar-refractivity contribution in [2.24, 2.45) is 5.73 Å². The molecular formula is C12H18N2O3. The van der Waals surface area contributed by atoms with Crippen LogP contribution in [0.1, 0.15) is 15.9 Å². The maximum absolute atomic E-state index is 11.7. The zero-order valence-corrected chi connectivity index (χ0v) is 9.90. The van der Waals surface area contributed by atoms with E-state index in [0.29, 0.717) is 37.4 Å². The van der Waals surface area contributed by atoms with Crippen molar-refractivity contribution in [3.05, 3.63) is 29.3 Å². The van der Waals surface area contributed by atoms with E-state index in [2.05, 4.69) is 5.32 Å². The summed E-state index contributed by atoms with van der Waals surface area (Å²) in [6.45, 7) is 3.61. The van der Waals surface area contributed by atoms with Crippen LogP contribution in [0.4, 0.5) is 0 Å². The summed E-state index contributed by atoms with van der Waals surface area (Å²) in [7, 11) is 0. The van der Waals surface area contributed by atoms with Crippen molar-refractivity contribution in [3.8, 4) is 5.75 Å². The number of benzene rings is 1. The van der Waals surface area contributed by atoms with Gasteiger partial charge in [0.25, 0.3) is 5.91 Å². The van der Waals surface area contributed by atoms with Gasteiger partial charge in [-0.05, 0) is 30.7 Å². The molecule has 0 unspecified atom stereocenters. The summed E-state index contributed by atoms with van der Waals surface area (Å²) in [5, 5.41) is 12.1. The number of aromatic hydroxyl groups is 1. The number of nitrogens with one attached hydrogen (secondary N) is 1. The Hall–Kier alpha value is -1.59. The first-order chi connectivity index (χ1) is 8.15. The highest BCUT2D eigenvalue weighted by Crippen LogP contribution is 2.16. The maximum Gasteiger partial charge on any atom is 0.251 e. The molecule has 0 aliphatic rings. The van der Waals surface area contributed by atoms with Gasteiger partial charge in [0, 0.05) is 18.7 Å². The Labute approximate surface area is 101 Å². The first-order valence-electron chi connectivity index (χ1n) is 5.50. The molecule has 1 aromatic carbocycles. The van der Waals surface area contributed by atoms with E-state index in [9.17, 15) is 9.90 Å². The molecule has 0 saturated carbocycles. The standard InChI is InChI=1S/C12H18N2O3/c1-9-8-10(2-3-11(9)15)12(16)14-5-7-17-6-4-13/h2-3,8,15H,4-7,13H2,1H3,(H,14,16). The Kier molecular flexibility index (Phi) is 5.45. The second kappa shape index (κ2) is 6.88. The topological polar surface area (TPSA) is 84.6 Å². The van der Waals surface area contributed by atoms with Crippen LogP contribution < -0.4 is 11.1 Å². The predicted octanol–water partition coefficient (Wildman–Crippen LogP) is 0.406. The molecule has 0 aromatic heterocycles. The second-order valence-corrected chi connectivity index (χ2v) is 3.66. The van der Waals surface area contributed by atoms with Gasteiger partial charge in [0.2, 0.25) is 0 Å². The van der Waals surface area contributed by atoms with E-state index in [-0.39, 0.29) is 11.7 Å². The SMILES string of the molecule is Cc1cc(C(=O)NCCOCCN)ccc1O. The summed E-state index contributed by atoms with van der Waals surface area (Å²) in [6, 6.07) is 4.74. The van der Waals surface area contributed by atoms with Crippen LogP contribution in [0.25, 0.3) is 0 Å². The Morgan fingerprint density at radius 2 is 2.24 bits per heavy atom. The van der Waals surface area contributed by atoms with Crippen LogP contribution in [-0.4, -0.2) is 37.3 Å². The van der Waals surface area contributed by atoms with Crippen molar-refractivity contribution >= 4 is 5.91 Å².